The van der Waals surface area contributed by atoms with E-state index < -0.39 is 5.91 Å². The summed E-state index contributed by atoms with van der Waals surface area (Å²) in [6.07, 6.45) is 0. The molecule has 7 heteroatoms. The molecule has 2 amide bonds. The van der Waals surface area contributed by atoms with Crippen LogP contribution in [-0.4, -0.2) is 40.3 Å². The van der Waals surface area contributed by atoms with Crippen molar-refractivity contribution < 1.29 is 14.8 Å². The molecule has 5 N–H and O–H groups in total. The molecule has 0 atom stereocenters. The van der Waals surface area contributed by atoms with E-state index in [4.69, 9.17) is 16.7 Å². The summed E-state index contributed by atoms with van der Waals surface area (Å²) < 4.78 is 0. The zero-order valence-electron chi connectivity index (χ0n) is 11.4. The van der Waals surface area contributed by atoms with Crippen LogP contribution in [0.3, 0.4) is 0 Å². The summed E-state index contributed by atoms with van der Waals surface area (Å²) in [7, 11) is 0. The average molecular weight is 278 g/mol. The number of carbonyl (C=O) groups is 2. The van der Waals surface area contributed by atoms with Crippen LogP contribution in [0.5, 0.6) is 0 Å². The summed E-state index contributed by atoms with van der Waals surface area (Å²) in [5.41, 5.74) is 11.5. The Morgan fingerprint density at radius 2 is 1.70 bits per heavy atom. The molecular weight excluding hydrogens is 260 g/mol. The lowest BCUT2D eigenvalue weighted by molar-refractivity contribution is -0.119. The summed E-state index contributed by atoms with van der Waals surface area (Å²) >= 11 is 0. The quantitative estimate of drug-likeness (QED) is 0.306. The molecule has 0 aromatic heterocycles. The van der Waals surface area contributed by atoms with Crippen LogP contribution in [0.1, 0.15) is 29.8 Å². The van der Waals surface area contributed by atoms with Crippen LogP contribution >= 0.6 is 0 Å². The minimum Gasteiger partial charge on any atom is -0.409 e. The molecule has 1 rings (SSSR count). The van der Waals surface area contributed by atoms with Gasteiger partial charge in [0.05, 0.1) is 6.54 Å². The van der Waals surface area contributed by atoms with Crippen molar-refractivity contribution >= 4 is 17.6 Å². The average Bonchev–Trinajstić information content (AvgIpc) is 2.43. The highest BCUT2D eigenvalue weighted by atomic mass is 16.4. The predicted molar refractivity (Wildman–Crippen MR) is 74.3 cm³/mol. The van der Waals surface area contributed by atoms with E-state index in [1.807, 2.05) is 0 Å². The molecule has 0 fully saturated rings. The number of rotatable bonds is 5. The smallest absolute Gasteiger partial charge is 0.254 e. The van der Waals surface area contributed by atoms with E-state index in [9.17, 15) is 9.59 Å². The normalized spacial score (nSPS) is 11.4. The van der Waals surface area contributed by atoms with Crippen molar-refractivity contribution in [3.05, 3.63) is 35.4 Å². The zero-order valence-corrected chi connectivity index (χ0v) is 11.4. The second-order valence-corrected chi connectivity index (χ2v) is 4.56. The maximum absolute atomic E-state index is 12.3. The van der Waals surface area contributed by atoms with Crippen LogP contribution in [0.4, 0.5) is 0 Å². The monoisotopic (exact) mass is 278 g/mol. The van der Waals surface area contributed by atoms with Gasteiger partial charge in [-0.2, -0.15) is 0 Å². The number of carbonyl (C=O) groups excluding carboxylic acids is 2. The number of primary amides is 1. The van der Waals surface area contributed by atoms with Crippen molar-refractivity contribution in [2.75, 3.05) is 6.54 Å². The molecule has 0 spiro atoms. The standard InChI is InChI=1S/C13H18N4O3/c1-8(2)17(7-11(14)18)13(19)10-5-3-9(4-6-10)12(15)16-20/h3-6,8,20H,7H2,1-2H3,(H2,14,18)(H2,15,16). The van der Waals surface area contributed by atoms with Crippen LogP contribution in [0.2, 0.25) is 0 Å². The van der Waals surface area contributed by atoms with Gasteiger partial charge in [-0.1, -0.05) is 17.3 Å². The molecule has 0 aliphatic rings. The predicted octanol–water partition coefficient (Wildman–Crippen LogP) is 0.117. The van der Waals surface area contributed by atoms with Crippen molar-refractivity contribution in [3.63, 3.8) is 0 Å². The fraction of sp³-hybridized carbons (Fsp3) is 0.308. The van der Waals surface area contributed by atoms with Crippen LogP contribution < -0.4 is 11.5 Å². The van der Waals surface area contributed by atoms with Gasteiger partial charge in [0, 0.05) is 17.2 Å². The Morgan fingerprint density at radius 1 is 1.20 bits per heavy atom. The summed E-state index contributed by atoms with van der Waals surface area (Å²) in [6, 6.07) is 6.06. The van der Waals surface area contributed by atoms with E-state index >= 15 is 0 Å². The van der Waals surface area contributed by atoms with Crippen LogP contribution in [0.15, 0.2) is 29.4 Å². The Morgan fingerprint density at radius 3 is 2.10 bits per heavy atom. The zero-order chi connectivity index (χ0) is 15.3. The van der Waals surface area contributed by atoms with Crippen molar-refractivity contribution in [2.24, 2.45) is 16.6 Å². The number of amides is 2. The molecule has 1 aromatic rings. The molecule has 0 aliphatic heterocycles. The number of oxime groups is 1. The van der Waals surface area contributed by atoms with Gasteiger partial charge in [-0.15, -0.1) is 0 Å². The van der Waals surface area contributed by atoms with Gasteiger partial charge < -0.3 is 21.6 Å². The number of benzene rings is 1. The highest BCUT2D eigenvalue weighted by Gasteiger charge is 2.20. The number of nitrogens with zero attached hydrogens (tertiary/aromatic N) is 2. The summed E-state index contributed by atoms with van der Waals surface area (Å²) in [5.74, 6) is -0.910. The summed E-state index contributed by atoms with van der Waals surface area (Å²) in [4.78, 5) is 24.7. The molecule has 0 aliphatic carbocycles. The van der Waals surface area contributed by atoms with Crippen molar-refractivity contribution in [2.45, 2.75) is 19.9 Å². The third-order valence-corrected chi connectivity index (χ3v) is 2.75. The molecule has 0 heterocycles. The molecule has 0 saturated carbocycles. The molecule has 0 radical (unpaired) electrons. The van der Waals surface area contributed by atoms with Gasteiger partial charge in [-0.25, -0.2) is 0 Å². The van der Waals surface area contributed by atoms with E-state index in [0.717, 1.165) is 0 Å². The van der Waals surface area contributed by atoms with Crippen LogP contribution in [0.25, 0.3) is 0 Å². The van der Waals surface area contributed by atoms with Crippen molar-refractivity contribution in [1.82, 2.24) is 4.90 Å². The lowest BCUT2D eigenvalue weighted by Crippen LogP contribution is -2.42. The largest absolute Gasteiger partial charge is 0.409 e. The maximum atomic E-state index is 12.3. The Balaban J connectivity index is 2.98. The lowest BCUT2D eigenvalue weighted by Gasteiger charge is -2.25. The first-order valence-electron chi connectivity index (χ1n) is 6.04. The highest BCUT2D eigenvalue weighted by Crippen LogP contribution is 2.10. The Hall–Kier alpha value is -2.57. The SMILES string of the molecule is CC(C)N(CC(N)=O)C(=O)c1ccc(C(N)=NO)cc1. The first-order valence-corrected chi connectivity index (χ1v) is 6.04. The van der Waals surface area contributed by atoms with E-state index in [1.165, 1.54) is 4.90 Å². The molecule has 0 unspecified atom stereocenters. The fourth-order valence-electron chi connectivity index (χ4n) is 1.66. The summed E-state index contributed by atoms with van der Waals surface area (Å²) in [6.45, 7) is 3.45. The van der Waals surface area contributed by atoms with Gasteiger partial charge in [0.2, 0.25) is 5.91 Å². The Kier molecular flexibility index (Phi) is 5.08. The van der Waals surface area contributed by atoms with Gasteiger partial charge in [0.15, 0.2) is 5.84 Å². The molecule has 7 nitrogen and oxygen atoms in total. The molecule has 0 bridgehead atoms. The fourth-order valence-corrected chi connectivity index (χ4v) is 1.66. The first kappa shape index (κ1) is 15.5. The van der Waals surface area contributed by atoms with E-state index in [2.05, 4.69) is 5.16 Å². The number of hydrogen-bond donors (Lipinski definition) is 3. The number of nitrogens with two attached hydrogens (primary N) is 2. The van der Waals surface area contributed by atoms with E-state index in [1.54, 1.807) is 38.1 Å². The van der Waals surface area contributed by atoms with Gasteiger partial charge in [-0.3, -0.25) is 9.59 Å². The maximum Gasteiger partial charge on any atom is 0.254 e. The second kappa shape index (κ2) is 6.55. The van der Waals surface area contributed by atoms with Crippen molar-refractivity contribution in [3.8, 4) is 0 Å². The topological polar surface area (TPSA) is 122 Å². The molecule has 1 aromatic carbocycles. The van der Waals surface area contributed by atoms with Gasteiger partial charge >= 0.3 is 0 Å². The summed E-state index contributed by atoms with van der Waals surface area (Å²) in [5, 5.41) is 11.4. The number of amidine groups is 1. The van der Waals surface area contributed by atoms with Gasteiger partial charge in [0.25, 0.3) is 5.91 Å². The third kappa shape index (κ3) is 3.71. The first-order chi connectivity index (χ1) is 9.36. The van der Waals surface area contributed by atoms with E-state index in [-0.39, 0.29) is 24.3 Å². The van der Waals surface area contributed by atoms with Gasteiger partial charge in [-0.05, 0) is 26.0 Å². The molecule has 20 heavy (non-hydrogen) atoms. The lowest BCUT2D eigenvalue weighted by atomic mass is 10.1. The highest BCUT2D eigenvalue weighted by molar-refractivity contribution is 6.00. The minimum absolute atomic E-state index is 0.0400. The van der Waals surface area contributed by atoms with Crippen LogP contribution in [-0.2, 0) is 4.79 Å². The second-order valence-electron chi connectivity index (χ2n) is 4.56. The Labute approximate surface area is 116 Å². The molecule has 0 saturated heterocycles. The third-order valence-electron chi connectivity index (χ3n) is 2.75. The van der Waals surface area contributed by atoms with Crippen LogP contribution in [0, 0.1) is 0 Å². The molecular formula is C13H18N4O3. The molecule has 108 valence electrons. The Bertz CT molecular complexity index is 523. The minimum atomic E-state index is -0.569. The van der Waals surface area contributed by atoms with Gasteiger partial charge in [0.1, 0.15) is 0 Å². The van der Waals surface area contributed by atoms with E-state index in [0.29, 0.717) is 11.1 Å². The number of hydrogen-bond acceptors (Lipinski definition) is 4. The van der Waals surface area contributed by atoms with Crippen molar-refractivity contribution in [1.29, 1.82) is 0 Å².